The number of Topliss-reactive ketones (excluding diaryl/α,β-unsaturated/α-hetero) is 2. The number of phenolic OH excluding ortho intramolecular Hbond substituents is 1. The van der Waals surface area contributed by atoms with Crippen molar-refractivity contribution in [1.82, 2.24) is 0 Å². The number of ketones is 2. The molecule has 3 aliphatic rings. The van der Waals surface area contributed by atoms with Gasteiger partial charge in [0.25, 0.3) is 0 Å². The van der Waals surface area contributed by atoms with Crippen LogP contribution in [0.2, 0.25) is 0 Å². The third-order valence-electron chi connectivity index (χ3n) is 6.49. The van der Waals surface area contributed by atoms with Crippen molar-refractivity contribution >= 4 is 33.2 Å². The molecule has 0 unspecified atom stereocenters. The van der Waals surface area contributed by atoms with Crippen LogP contribution in [0.4, 0.5) is 5.69 Å². The fourth-order valence-corrected chi connectivity index (χ4v) is 5.64. The van der Waals surface area contributed by atoms with Crippen LogP contribution in [0.3, 0.4) is 0 Å². The molecule has 1 aliphatic heterocycles. The van der Waals surface area contributed by atoms with Gasteiger partial charge in [0.15, 0.2) is 17.3 Å². The first-order chi connectivity index (χ1) is 15.3. The lowest BCUT2D eigenvalue weighted by Crippen LogP contribution is -2.37. The molecule has 0 aromatic heterocycles. The van der Waals surface area contributed by atoms with E-state index >= 15 is 0 Å². The van der Waals surface area contributed by atoms with Crippen molar-refractivity contribution in [3.8, 4) is 11.5 Å². The molecule has 4 rings (SSSR count). The van der Waals surface area contributed by atoms with E-state index in [4.69, 9.17) is 9.47 Å². The maximum absolute atomic E-state index is 13.4. The van der Waals surface area contributed by atoms with Crippen molar-refractivity contribution in [3.05, 3.63) is 48.9 Å². The zero-order chi connectivity index (χ0) is 24.5. The van der Waals surface area contributed by atoms with E-state index in [0.29, 0.717) is 24.4 Å². The van der Waals surface area contributed by atoms with Crippen molar-refractivity contribution < 1.29 is 29.1 Å². The van der Waals surface area contributed by atoms with Gasteiger partial charge in [0.1, 0.15) is 11.5 Å². The Labute approximate surface area is 199 Å². The average Bonchev–Trinajstić information content (AvgIpc) is 2.65. The number of nitrogens with zero attached hydrogens (tertiary/aromatic N) is 1. The minimum absolute atomic E-state index is 0.117. The number of hydrogen-bond acceptors (Lipinski definition) is 7. The Morgan fingerprint density at radius 3 is 1.97 bits per heavy atom. The summed E-state index contributed by atoms with van der Waals surface area (Å²) in [5.74, 6) is -1.20. The summed E-state index contributed by atoms with van der Waals surface area (Å²) >= 11 is 3.24. The molecule has 1 aromatic carbocycles. The van der Waals surface area contributed by atoms with E-state index in [-0.39, 0.29) is 62.2 Å². The fraction of sp³-hybridized carbons (Fsp3) is 0.500. The van der Waals surface area contributed by atoms with Gasteiger partial charge in [-0.3, -0.25) is 19.7 Å². The summed E-state index contributed by atoms with van der Waals surface area (Å²) in [4.78, 5) is 38.3. The number of aromatic hydroxyl groups is 1. The third kappa shape index (κ3) is 3.86. The van der Waals surface area contributed by atoms with Crippen LogP contribution in [0, 0.1) is 20.9 Å². The number of halogens is 1. The first-order valence-electron chi connectivity index (χ1n) is 10.7. The molecule has 9 heteroatoms. The van der Waals surface area contributed by atoms with Crippen LogP contribution in [0.5, 0.6) is 11.5 Å². The maximum Gasteiger partial charge on any atom is 0.319 e. The highest BCUT2D eigenvalue weighted by Gasteiger charge is 2.50. The fourth-order valence-electron chi connectivity index (χ4n) is 5.21. The van der Waals surface area contributed by atoms with Crippen LogP contribution >= 0.6 is 15.9 Å². The molecule has 0 spiro atoms. The van der Waals surface area contributed by atoms with E-state index < -0.39 is 22.3 Å². The average molecular weight is 520 g/mol. The number of phenols is 1. The third-order valence-corrected chi connectivity index (χ3v) is 7.10. The summed E-state index contributed by atoms with van der Waals surface area (Å²) in [7, 11) is 1.22. The van der Waals surface area contributed by atoms with E-state index in [9.17, 15) is 24.8 Å². The topological polar surface area (TPSA) is 116 Å². The zero-order valence-corrected chi connectivity index (χ0v) is 20.8. The maximum atomic E-state index is 13.4. The molecule has 0 radical (unpaired) electrons. The summed E-state index contributed by atoms with van der Waals surface area (Å²) in [6, 6.07) is 1.40. The minimum atomic E-state index is -0.970. The normalized spacial score (nSPS) is 22.0. The molecule has 0 saturated carbocycles. The lowest BCUT2D eigenvalue weighted by Gasteiger charge is -2.42. The molecule has 0 atom stereocenters. The SMILES string of the molecule is COc1c(O)c(Br)cc(C2C3=C(CC(C)(C)CC3=O)OC3=C2C(=O)CC(C)(C)C3)c1[N+](=O)[O-]. The number of nitro benzene ring substituents is 1. The molecular weight excluding hydrogens is 494 g/mol. The van der Waals surface area contributed by atoms with E-state index in [0.717, 1.165) is 0 Å². The first kappa shape index (κ1) is 23.5. The van der Waals surface area contributed by atoms with Crippen molar-refractivity contribution in [1.29, 1.82) is 0 Å². The molecule has 2 aliphatic carbocycles. The number of rotatable bonds is 3. The summed E-state index contributed by atoms with van der Waals surface area (Å²) < 4.78 is 11.6. The second-order valence-electron chi connectivity index (χ2n) is 10.5. The Balaban J connectivity index is 2.07. The van der Waals surface area contributed by atoms with E-state index in [1.54, 1.807) is 0 Å². The molecule has 1 N–H and O–H groups in total. The van der Waals surface area contributed by atoms with Gasteiger partial charge in [-0.1, -0.05) is 27.7 Å². The second kappa shape index (κ2) is 7.68. The lowest BCUT2D eigenvalue weighted by atomic mass is 9.65. The van der Waals surface area contributed by atoms with Crippen LogP contribution < -0.4 is 4.74 Å². The number of allylic oxidation sites excluding steroid dienone is 4. The first-order valence-corrected chi connectivity index (χ1v) is 11.5. The molecular formula is C24H26BrNO7. The largest absolute Gasteiger partial charge is 0.503 e. The molecule has 8 nitrogen and oxygen atoms in total. The highest BCUT2D eigenvalue weighted by atomic mass is 79.9. The molecule has 1 heterocycles. The summed E-state index contributed by atoms with van der Waals surface area (Å²) in [5, 5.41) is 22.6. The smallest absolute Gasteiger partial charge is 0.319 e. The van der Waals surface area contributed by atoms with Crippen LogP contribution in [0.1, 0.15) is 64.9 Å². The molecule has 176 valence electrons. The second-order valence-corrected chi connectivity index (χ2v) is 11.4. The Kier molecular flexibility index (Phi) is 5.47. The molecule has 0 fully saturated rings. The predicted octanol–water partition coefficient (Wildman–Crippen LogP) is 5.47. The van der Waals surface area contributed by atoms with E-state index in [1.807, 2.05) is 27.7 Å². The van der Waals surface area contributed by atoms with Crippen molar-refractivity contribution in [2.75, 3.05) is 7.11 Å². The van der Waals surface area contributed by atoms with Crippen molar-refractivity contribution in [2.24, 2.45) is 10.8 Å². The van der Waals surface area contributed by atoms with Crippen LogP contribution in [0.25, 0.3) is 0 Å². The summed E-state index contributed by atoms with van der Waals surface area (Å²) in [6.45, 7) is 7.87. The molecule has 0 bridgehead atoms. The number of methoxy groups -OCH3 is 1. The van der Waals surface area contributed by atoms with Gasteiger partial charge in [0.05, 0.1) is 22.4 Å². The van der Waals surface area contributed by atoms with Gasteiger partial charge in [0.2, 0.25) is 5.75 Å². The number of ether oxygens (including phenoxy) is 2. The Bertz CT molecular complexity index is 1120. The molecule has 33 heavy (non-hydrogen) atoms. The molecule has 1 aromatic rings. The van der Waals surface area contributed by atoms with Gasteiger partial charge < -0.3 is 14.6 Å². The van der Waals surface area contributed by atoms with E-state index in [1.165, 1.54) is 13.2 Å². The number of benzene rings is 1. The van der Waals surface area contributed by atoms with Gasteiger partial charge in [0, 0.05) is 42.4 Å². The van der Waals surface area contributed by atoms with Crippen LogP contribution in [0.15, 0.2) is 33.2 Å². The standard InChI is InChI=1S/C24H26BrNO7/c1-23(2)7-13(27)18-15(9-23)33-16-10-24(3,4)8-14(28)19(16)17(18)11-6-12(25)21(29)22(32-5)20(11)26(30)31/h6,17,29H,7-10H2,1-5H3. The van der Waals surface area contributed by atoms with Crippen molar-refractivity contribution in [3.63, 3.8) is 0 Å². The number of carbonyl (C=O) groups is 2. The number of carbonyl (C=O) groups excluding carboxylic acids is 2. The van der Waals surface area contributed by atoms with Gasteiger partial charge in [-0.15, -0.1) is 0 Å². The van der Waals surface area contributed by atoms with Gasteiger partial charge in [-0.2, -0.15) is 0 Å². The van der Waals surface area contributed by atoms with Gasteiger partial charge in [-0.05, 0) is 32.8 Å². The number of nitro groups is 1. The Morgan fingerprint density at radius 1 is 1.06 bits per heavy atom. The minimum Gasteiger partial charge on any atom is -0.503 e. The van der Waals surface area contributed by atoms with E-state index in [2.05, 4.69) is 15.9 Å². The quantitative estimate of drug-likeness (QED) is 0.415. The van der Waals surface area contributed by atoms with Crippen LogP contribution in [-0.4, -0.2) is 28.7 Å². The van der Waals surface area contributed by atoms with Gasteiger partial charge in [-0.25, -0.2) is 0 Å². The lowest BCUT2D eigenvalue weighted by molar-refractivity contribution is -0.386. The Hall–Kier alpha value is -2.68. The van der Waals surface area contributed by atoms with Gasteiger partial charge >= 0.3 is 5.69 Å². The highest BCUT2D eigenvalue weighted by molar-refractivity contribution is 9.10. The number of hydrogen-bond donors (Lipinski definition) is 1. The Morgan fingerprint density at radius 2 is 1.55 bits per heavy atom. The predicted molar refractivity (Wildman–Crippen MR) is 123 cm³/mol. The molecule has 0 amide bonds. The summed E-state index contributed by atoms with van der Waals surface area (Å²) in [5.41, 5.74) is -0.477. The highest BCUT2D eigenvalue weighted by Crippen LogP contribution is 2.56. The molecule has 0 saturated heterocycles. The zero-order valence-electron chi connectivity index (χ0n) is 19.2. The summed E-state index contributed by atoms with van der Waals surface area (Å²) in [6.07, 6.45) is 1.41. The van der Waals surface area contributed by atoms with Crippen molar-refractivity contribution in [2.45, 2.75) is 59.3 Å². The van der Waals surface area contributed by atoms with Crippen LogP contribution in [-0.2, 0) is 14.3 Å². The monoisotopic (exact) mass is 519 g/mol.